The molecule has 0 saturated heterocycles. The zero-order valence-electron chi connectivity index (χ0n) is 5.07. The van der Waals surface area contributed by atoms with E-state index in [1.165, 1.54) is 6.92 Å². The molecule has 0 radical (unpaired) electrons. The van der Waals surface area contributed by atoms with Gasteiger partial charge in [-0.15, -0.1) is 0 Å². The molecular weight excluding hydrogens is 154 g/mol. The average molecular weight is 159 g/mol. The van der Waals surface area contributed by atoms with Crippen LogP contribution < -0.4 is 0 Å². The van der Waals surface area contributed by atoms with E-state index in [1.54, 1.807) is 0 Å². The monoisotopic (exact) mass is 159 g/mol. The highest BCUT2D eigenvalue weighted by Crippen LogP contribution is 2.17. The first-order chi connectivity index (χ1) is 4.48. The molecule has 0 aliphatic rings. The van der Waals surface area contributed by atoms with Crippen LogP contribution in [0, 0.1) is 0 Å². The molecule has 2 nitrogen and oxygen atoms in total. The topological polar surface area (TPSA) is 21.6 Å². The summed E-state index contributed by atoms with van der Waals surface area (Å²) in [6.07, 6.45) is -5.03. The van der Waals surface area contributed by atoms with Crippen molar-refractivity contribution in [2.75, 3.05) is 6.61 Å². The highest BCUT2D eigenvalue weighted by atomic mass is 19.4. The molecule has 0 fully saturated rings. The lowest BCUT2D eigenvalue weighted by Gasteiger charge is -1.99. The highest BCUT2D eigenvalue weighted by molar-refractivity contribution is 5.79. The van der Waals surface area contributed by atoms with Gasteiger partial charge in [-0.25, -0.2) is 0 Å². The molecule has 0 bridgehead atoms. The van der Waals surface area contributed by atoms with Gasteiger partial charge in [-0.1, -0.05) is 0 Å². The molecule has 0 heterocycles. The van der Waals surface area contributed by atoms with Crippen LogP contribution >= 0.6 is 0 Å². The molecule has 0 saturated carbocycles. The van der Waals surface area contributed by atoms with Crippen molar-refractivity contribution in [2.45, 2.75) is 13.1 Å². The Bertz CT molecular complexity index is 130. The van der Waals surface area contributed by atoms with Crippen LogP contribution in [-0.4, -0.2) is 18.7 Å². The highest BCUT2D eigenvalue weighted by Gasteiger charge is 2.37. The summed E-state index contributed by atoms with van der Waals surface area (Å²) in [7, 11) is 0. The van der Waals surface area contributed by atoms with Crippen LogP contribution in [0.3, 0.4) is 0 Å². The van der Waals surface area contributed by atoms with Gasteiger partial charge in [-0.2, -0.15) is 17.6 Å². The summed E-state index contributed by atoms with van der Waals surface area (Å²) in [5.41, 5.74) is 0. The van der Waals surface area contributed by atoms with Crippen molar-refractivity contribution in [3.63, 3.8) is 0 Å². The Balaban J connectivity index is 3.93. The van der Waals surface area contributed by atoms with Crippen molar-refractivity contribution in [3.05, 3.63) is 0 Å². The van der Waals surface area contributed by atoms with E-state index in [9.17, 15) is 17.6 Å². The van der Waals surface area contributed by atoms with Crippen molar-refractivity contribution in [2.24, 2.45) is 5.16 Å². The van der Waals surface area contributed by atoms with Crippen molar-refractivity contribution >= 4 is 5.97 Å². The van der Waals surface area contributed by atoms with E-state index in [0.29, 0.717) is 0 Å². The van der Waals surface area contributed by atoms with Crippen LogP contribution in [0.5, 0.6) is 0 Å². The van der Waals surface area contributed by atoms with Crippen molar-refractivity contribution < 1.29 is 22.4 Å². The minimum absolute atomic E-state index is 0.0938. The van der Waals surface area contributed by atoms with Crippen LogP contribution in [0.4, 0.5) is 17.6 Å². The Labute approximate surface area is 54.5 Å². The zero-order valence-corrected chi connectivity index (χ0v) is 5.07. The zero-order chi connectivity index (χ0) is 8.20. The summed E-state index contributed by atoms with van der Waals surface area (Å²) in [6, 6.07) is 0. The summed E-state index contributed by atoms with van der Waals surface area (Å²) in [4.78, 5) is 3.81. The van der Waals surface area contributed by atoms with Gasteiger partial charge >= 0.3 is 12.1 Å². The number of hydrogen-bond acceptors (Lipinski definition) is 2. The molecule has 0 amide bonds. The Morgan fingerprint density at radius 2 is 2.00 bits per heavy atom. The summed E-state index contributed by atoms with van der Waals surface area (Å²) in [5, 5.41) is 2.14. The second kappa shape index (κ2) is 3.38. The number of rotatable bonds is 2. The maximum Gasteiger partial charge on any atom is 0.465 e. The number of alkyl halides is 3. The Kier molecular flexibility index (Phi) is 3.11. The Hall–Kier alpha value is -0.810. The quantitative estimate of drug-likeness (QED) is 0.342. The maximum absolute atomic E-state index is 11.6. The lowest BCUT2D eigenvalue weighted by Crippen LogP contribution is -2.18. The van der Waals surface area contributed by atoms with Gasteiger partial charge < -0.3 is 4.84 Å². The molecule has 0 aromatic rings. The molecule has 0 aromatic carbocycles. The van der Waals surface area contributed by atoms with Gasteiger partial charge in [0.05, 0.1) is 0 Å². The van der Waals surface area contributed by atoms with Crippen LogP contribution in [0.25, 0.3) is 0 Å². The molecular formula is C4H5F4NO. The maximum atomic E-state index is 11.6. The average Bonchev–Trinajstić information content (AvgIpc) is 1.80. The standard InChI is InChI=1S/C4H5F4NO/c1-2-10-9-3(5)4(6,7)8/h2H2,1H3. The molecule has 0 unspecified atom stereocenters. The summed E-state index contributed by atoms with van der Waals surface area (Å²) in [5.74, 6) is -2.46. The molecule has 0 spiro atoms. The first-order valence-corrected chi connectivity index (χ1v) is 2.41. The molecule has 6 heteroatoms. The normalized spacial score (nSPS) is 13.5. The van der Waals surface area contributed by atoms with Crippen LogP contribution in [-0.2, 0) is 4.84 Å². The summed E-state index contributed by atoms with van der Waals surface area (Å²) < 4.78 is 45.2. The van der Waals surface area contributed by atoms with Crippen LogP contribution in [0.1, 0.15) is 6.92 Å². The van der Waals surface area contributed by atoms with E-state index in [2.05, 4.69) is 9.99 Å². The van der Waals surface area contributed by atoms with Gasteiger partial charge in [0.25, 0.3) is 0 Å². The van der Waals surface area contributed by atoms with E-state index < -0.39 is 12.1 Å². The van der Waals surface area contributed by atoms with Gasteiger partial charge in [0.1, 0.15) is 6.61 Å². The molecule has 0 aliphatic heterocycles. The Morgan fingerprint density at radius 1 is 1.50 bits per heavy atom. The van der Waals surface area contributed by atoms with E-state index >= 15 is 0 Å². The lowest BCUT2D eigenvalue weighted by atomic mass is 10.7. The van der Waals surface area contributed by atoms with Crippen molar-refractivity contribution in [1.82, 2.24) is 0 Å². The van der Waals surface area contributed by atoms with Crippen LogP contribution in [0.15, 0.2) is 5.16 Å². The molecule has 10 heavy (non-hydrogen) atoms. The molecule has 0 rings (SSSR count). The SMILES string of the molecule is CCON=C(F)C(F)(F)F. The summed E-state index contributed by atoms with van der Waals surface area (Å²) >= 11 is 0. The molecule has 0 N–H and O–H groups in total. The third-order valence-electron chi connectivity index (χ3n) is 0.508. The first-order valence-electron chi connectivity index (χ1n) is 2.41. The lowest BCUT2D eigenvalue weighted by molar-refractivity contribution is -0.0712. The predicted octanol–water partition coefficient (Wildman–Crippen LogP) is 1.87. The van der Waals surface area contributed by atoms with Gasteiger partial charge in [0.2, 0.25) is 0 Å². The molecule has 0 atom stereocenters. The molecule has 0 aliphatic carbocycles. The summed E-state index contributed by atoms with van der Waals surface area (Å²) in [6.45, 7) is 1.30. The van der Waals surface area contributed by atoms with Crippen LogP contribution in [0.2, 0.25) is 0 Å². The number of hydrogen-bond donors (Lipinski definition) is 0. The fraction of sp³-hybridized carbons (Fsp3) is 0.750. The fourth-order valence-electron chi connectivity index (χ4n) is 0.173. The van der Waals surface area contributed by atoms with Gasteiger partial charge in [0, 0.05) is 0 Å². The van der Waals surface area contributed by atoms with Crippen molar-refractivity contribution in [1.29, 1.82) is 0 Å². The largest absolute Gasteiger partial charge is 0.465 e. The first kappa shape index (κ1) is 9.19. The Morgan fingerprint density at radius 3 is 2.30 bits per heavy atom. The third-order valence-corrected chi connectivity index (χ3v) is 0.508. The predicted molar refractivity (Wildman–Crippen MR) is 26.2 cm³/mol. The fourth-order valence-corrected chi connectivity index (χ4v) is 0.173. The van der Waals surface area contributed by atoms with Crippen molar-refractivity contribution in [3.8, 4) is 0 Å². The number of oxime groups is 1. The van der Waals surface area contributed by atoms with E-state index in [0.717, 1.165) is 0 Å². The molecule has 0 aromatic heterocycles. The third kappa shape index (κ3) is 3.26. The number of nitrogens with zero attached hydrogens (tertiary/aromatic N) is 1. The smallest absolute Gasteiger partial charge is 0.394 e. The minimum atomic E-state index is -5.03. The van der Waals surface area contributed by atoms with Gasteiger partial charge in [0.15, 0.2) is 0 Å². The van der Waals surface area contributed by atoms with E-state index in [-0.39, 0.29) is 6.61 Å². The minimum Gasteiger partial charge on any atom is -0.394 e. The second-order valence-corrected chi connectivity index (χ2v) is 1.30. The second-order valence-electron chi connectivity index (χ2n) is 1.30. The molecule has 60 valence electrons. The van der Waals surface area contributed by atoms with Gasteiger partial charge in [-0.05, 0) is 12.1 Å². The van der Waals surface area contributed by atoms with E-state index in [1.807, 2.05) is 0 Å². The van der Waals surface area contributed by atoms with E-state index in [4.69, 9.17) is 0 Å². The van der Waals surface area contributed by atoms with Gasteiger partial charge in [-0.3, -0.25) is 0 Å². The number of halogens is 4.